The molecule has 3 rings (SSSR count). The summed E-state index contributed by atoms with van der Waals surface area (Å²) in [6, 6.07) is 7.66. The third kappa shape index (κ3) is 7.56. The van der Waals surface area contributed by atoms with Crippen LogP contribution in [0, 0.1) is 5.82 Å². The third-order valence-electron chi connectivity index (χ3n) is 4.28. The number of hydrogen-bond acceptors (Lipinski definition) is 3. The molecule has 11 heteroatoms. The van der Waals surface area contributed by atoms with Gasteiger partial charge in [-0.05, 0) is 35.7 Å². The van der Waals surface area contributed by atoms with Crippen LogP contribution in [0.5, 0.6) is 5.88 Å². The standard InChI is InChI=1S/C20H21F4N5O.HI/c1-25-19(26-7-6-14-11-27-17-8-15(21)3-4-16(14)17)29-10-13-2-5-18(28-9-13)30-12-20(22,23)24;/h2-5,8-9,11,27H,6-7,10,12H2,1H3,(H2,25,26,29);1H. The molecule has 0 aliphatic rings. The molecule has 0 fully saturated rings. The second kappa shape index (κ2) is 11.2. The van der Waals surface area contributed by atoms with Gasteiger partial charge in [-0.1, -0.05) is 6.07 Å². The average molecular weight is 551 g/mol. The van der Waals surface area contributed by atoms with Gasteiger partial charge >= 0.3 is 6.18 Å². The minimum absolute atomic E-state index is 0. The number of guanidine groups is 1. The number of rotatable bonds is 7. The lowest BCUT2D eigenvalue weighted by Gasteiger charge is -2.12. The largest absolute Gasteiger partial charge is 0.468 e. The average Bonchev–Trinajstić information content (AvgIpc) is 3.11. The molecule has 0 amide bonds. The molecular weight excluding hydrogens is 529 g/mol. The van der Waals surface area contributed by atoms with Gasteiger partial charge < -0.3 is 20.4 Å². The van der Waals surface area contributed by atoms with Crippen molar-refractivity contribution in [1.29, 1.82) is 0 Å². The molecule has 3 N–H and O–H groups in total. The number of aromatic amines is 1. The Balaban J connectivity index is 0.00000341. The summed E-state index contributed by atoms with van der Waals surface area (Å²) in [6.07, 6.45) is -0.394. The summed E-state index contributed by atoms with van der Waals surface area (Å²) in [5.41, 5.74) is 2.57. The maximum Gasteiger partial charge on any atom is 0.422 e. The van der Waals surface area contributed by atoms with Crippen molar-refractivity contribution < 1.29 is 22.3 Å². The van der Waals surface area contributed by atoms with Crippen LogP contribution < -0.4 is 15.4 Å². The second-order valence-electron chi connectivity index (χ2n) is 6.51. The van der Waals surface area contributed by atoms with Crippen LogP contribution in [0.4, 0.5) is 17.6 Å². The van der Waals surface area contributed by atoms with E-state index in [1.807, 2.05) is 6.20 Å². The van der Waals surface area contributed by atoms with Crippen molar-refractivity contribution >= 4 is 40.8 Å². The number of hydrogen-bond donors (Lipinski definition) is 3. The summed E-state index contributed by atoms with van der Waals surface area (Å²) >= 11 is 0. The van der Waals surface area contributed by atoms with Gasteiger partial charge in [0.1, 0.15) is 5.82 Å². The van der Waals surface area contributed by atoms with Crippen LogP contribution >= 0.6 is 24.0 Å². The molecule has 31 heavy (non-hydrogen) atoms. The van der Waals surface area contributed by atoms with Gasteiger partial charge in [-0.25, -0.2) is 9.37 Å². The van der Waals surface area contributed by atoms with Gasteiger partial charge in [-0.15, -0.1) is 24.0 Å². The monoisotopic (exact) mass is 551 g/mol. The molecule has 0 aliphatic heterocycles. The van der Waals surface area contributed by atoms with E-state index in [1.54, 1.807) is 19.2 Å². The van der Waals surface area contributed by atoms with E-state index < -0.39 is 12.8 Å². The SMILES string of the molecule is CN=C(NCCc1c[nH]c2cc(F)ccc12)NCc1ccc(OCC(F)(F)F)nc1.I. The van der Waals surface area contributed by atoms with E-state index in [2.05, 4.69) is 30.3 Å². The van der Waals surface area contributed by atoms with E-state index in [1.165, 1.54) is 24.4 Å². The molecular formula is C20H22F4IN5O. The minimum Gasteiger partial charge on any atom is -0.468 e. The van der Waals surface area contributed by atoms with Crippen LogP contribution in [0.1, 0.15) is 11.1 Å². The predicted octanol–water partition coefficient (Wildman–Crippen LogP) is 4.17. The number of aromatic nitrogens is 2. The van der Waals surface area contributed by atoms with Gasteiger partial charge in [0.05, 0.1) is 0 Å². The number of benzene rings is 1. The quantitative estimate of drug-likeness (QED) is 0.179. The molecule has 6 nitrogen and oxygen atoms in total. The Morgan fingerprint density at radius 2 is 2.00 bits per heavy atom. The number of nitrogens with zero attached hydrogens (tertiary/aromatic N) is 2. The highest BCUT2D eigenvalue weighted by Gasteiger charge is 2.28. The summed E-state index contributed by atoms with van der Waals surface area (Å²) in [6.45, 7) is -0.384. The van der Waals surface area contributed by atoms with Crippen molar-refractivity contribution in [3.8, 4) is 5.88 Å². The Labute approximate surface area is 193 Å². The van der Waals surface area contributed by atoms with E-state index in [4.69, 9.17) is 0 Å². The van der Waals surface area contributed by atoms with Crippen molar-refractivity contribution in [3.63, 3.8) is 0 Å². The van der Waals surface area contributed by atoms with Crippen LogP contribution in [0.15, 0.2) is 47.7 Å². The number of ether oxygens (including phenoxy) is 1. The lowest BCUT2D eigenvalue weighted by Crippen LogP contribution is -2.37. The summed E-state index contributed by atoms with van der Waals surface area (Å²) in [7, 11) is 1.64. The lowest BCUT2D eigenvalue weighted by molar-refractivity contribution is -0.154. The van der Waals surface area contributed by atoms with Crippen molar-refractivity contribution in [2.45, 2.75) is 19.1 Å². The fourth-order valence-corrected chi connectivity index (χ4v) is 2.84. The maximum absolute atomic E-state index is 13.3. The smallest absolute Gasteiger partial charge is 0.422 e. The van der Waals surface area contributed by atoms with Crippen molar-refractivity contribution in [3.05, 3.63) is 59.7 Å². The van der Waals surface area contributed by atoms with Gasteiger partial charge in [0, 0.05) is 49.5 Å². The maximum atomic E-state index is 13.3. The number of pyridine rings is 1. The zero-order valence-corrected chi connectivity index (χ0v) is 18.9. The first kappa shape index (κ1) is 24.7. The second-order valence-corrected chi connectivity index (χ2v) is 6.51. The molecule has 0 radical (unpaired) electrons. The number of H-pyrrole nitrogens is 1. The Kier molecular flexibility index (Phi) is 8.89. The van der Waals surface area contributed by atoms with Crippen LogP contribution in [0.25, 0.3) is 10.9 Å². The molecule has 0 bridgehead atoms. The predicted molar refractivity (Wildman–Crippen MR) is 121 cm³/mol. The van der Waals surface area contributed by atoms with E-state index in [0.717, 1.165) is 22.0 Å². The molecule has 3 aromatic rings. The lowest BCUT2D eigenvalue weighted by atomic mass is 10.1. The zero-order valence-electron chi connectivity index (χ0n) is 16.6. The molecule has 0 saturated carbocycles. The van der Waals surface area contributed by atoms with Crippen LogP contribution in [-0.2, 0) is 13.0 Å². The molecule has 1 aromatic carbocycles. The fourth-order valence-electron chi connectivity index (χ4n) is 2.84. The van der Waals surface area contributed by atoms with E-state index in [0.29, 0.717) is 25.5 Å². The number of fused-ring (bicyclic) bond motifs is 1. The molecule has 168 valence electrons. The summed E-state index contributed by atoms with van der Waals surface area (Å²) in [4.78, 5) is 11.1. The third-order valence-corrected chi connectivity index (χ3v) is 4.28. The number of halogens is 5. The summed E-state index contributed by atoms with van der Waals surface area (Å²) < 4.78 is 54.3. The fraction of sp³-hybridized carbons (Fsp3) is 0.300. The normalized spacial score (nSPS) is 11.8. The van der Waals surface area contributed by atoms with E-state index in [9.17, 15) is 17.6 Å². The van der Waals surface area contributed by atoms with Crippen molar-refractivity contribution in [2.75, 3.05) is 20.2 Å². The number of alkyl halides is 3. The first-order valence-electron chi connectivity index (χ1n) is 9.18. The minimum atomic E-state index is -4.40. The molecule has 0 aliphatic carbocycles. The van der Waals surface area contributed by atoms with E-state index in [-0.39, 0.29) is 35.7 Å². The molecule has 0 spiro atoms. The number of aliphatic imine (C=N–C) groups is 1. The zero-order chi connectivity index (χ0) is 21.6. The number of nitrogens with one attached hydrogen (secondary N) is 3. The molecule has 0 saturated heterocycles. The van der Waals surface area contributed by atoms with Gasteiger partial charge in [-0.2, -0.15) is 13.2 Å². The van der Waals surface area contributed by atoms with Crippen LogP contribution in [-0.4, -0.2) is 42.3 Å². The highest BCUT2D eigenvalue weighted by atomic mass is 127. The van der Waals surface area contributed by atoms with E-state index >= 15 is 0 Å². The van der Waals surface area contributed by atoms with Crippen LogP contribution in [0.2, 0.25) is 0 Å². The highest BCUT2D eigenvalue weighted by molar-refractivity contribution is 14.0. The van der Waals surface area contributed by atoms with Gasteiger partial charge in [0.15, 0.2) is 12.6 Å². The molecule has 0 atom stereocenters. The molecule has 2 aromatic heterocycles. The highest BCUT2D eigenvalue weighted by Crippen LogP contribution is 2.19. The molecule has 2 heterocycles. The Bertz CT molecular complexity index is 1000. The van der Waals surface area contributed by atoms with Gasteiger partial charge in [-0.3, -0.25) is 4.99 Å². The van der Waals surface area contributed by atoms with Gasteiger partial charge in [0.2, 0.25) is 5.88 Å². The molecule has 0 unspecified atom stereocenters. The first-order valence-corrected chi connectivity index (χ1v) is 9.18. The topological polar surface area (TPSA) is 74.3 Å². The Morgan fingerprint density at radius 1 is 1.19 bits per heavy atom. The Morgan fingerprint density at radius 3 is 2.68 bits per heavy atom. The first-order chi connectivity index (χ1) is 14.3. The summed E-state index contributed by atoms with van der Waals surface area (Å²) in [5, 5.41) is 7.26. The van der Waals surface area contributed by atoms with Crippen LogP contribution in [0.3, 0.4) is 0 Å². The van der Waals surface area contributed by atoms with Gasteiger partial charge in [0.25, 0.3) is 0 Å². The van der Waals surface area contributed by atoms with Crippen molar-refractivity contribution in [2.24, 2.45) is 4.99 Å². The Hall–Kier alpha value is -2.57. The van der Waals surface area contributed by atoms with Crippen molar-refractivity contribution in [1.82, 2.24) is 20.6 Å². The summed E-state index contributed by atoms with van der Waals surface area (Å²) in [5.74, 6) is 0.198.